The van der Waals surface area contributed by atoms with Crippen molar-refractivity contribution < 1.29 is 9.18 Å². The maximum atomic E-state index is 14.2. The molecule has 2 aliphatic rings. The molecule has 4 nitrogen and oxygen atoms in total. The van der Waals surface area contributed by atoms with Gasteiger partial charge in [-0.1, -0.05) is 23.9 Å². The molecule has 112 valence electrons. The third-order valence-corrected chi connectivity index (χ3v) is 4.76. The van der Waals surface area contributed by atoms with Gasteiger partial charge in [-0.3, -0.25) is 9.69 Å². The molecule has 0 N–H and O–H groups in total. The Morgan fingerprint density at radius 2 is 2.27 bits per heavy atom. The highest BCUT2D eigenvalue weighted by Gasteiger charge is 2.35. The van der Waals surface area contributed by atoms with E-state index in [2.05, 4.69) is 4.90 Å². The van der Waals surface area contributed by atoms with Crippen LogP contribution < -0.4 is 0 Å². The van der Waals surface area contributed by atoms with Gasteiger partial charge in [-0.15, -0.1) is 0 Å². The van der Waals surface area contributed by atoms with Gasteiger partial charge >= 0.3 is 0 Å². The number of nitriles is 1. The third kappa shape index (κ3) is 2.38. The van der Waals surface area contributed by atoms with Crippen LogP contribution in [0.4, 0.5) is 4.39 Å². The summed E-state index contributed by atoms with van der Waals surface area (Å²) >= 11 is 1.55. The molecule has 0 aliphatic carbocycles. The molecule has 1 amide bonds. The number of carbonyl (C=O) groups is 1. The molecule has 0 bridgehead atoms. The van der Waals surface area contributed by atoms with Crippen LogP contribution in [0.5, 0.6) is 0 Å². The average Bonchev–Trinajstić information content (AvgIpc) is 3.00. The molecule has 0 saturated carbocycles. The number of benzene rings is 1. The number of allylic oxidation sites excluding steroid dienone is 1. The molecule has 1 aromatic rings. The van der Waals surface area contributed by atoms with E-state index < -0.39 is 5.82 Å². The van der Waals surface area contributed by atoms with Crippen LogP contribution in [0.1, 0.15) is 18.1 Å². The van der Waals surface area contributed by atoms with Crippen LogP contribution in [0.2, 0.25) is 0 Å². The topological polar surface area (TPSA) is 47.3 Å². The molecule has 0 radical (unpaired) electrons. The SMILES string of the molecule is CCN1C(Cc2cccc(C#N)c2F)=CC(=O)N2C=CSC21. The molecule has 0 fully saturated rings. The molecule has 1 atom stereocenters. The summed E-state index contributed by atoms with van der Waals surface area (Å²) in [6.45, 7) is 2.72. The minimum Gasteiger partial charge on any atom is -0.345 e. The summed E-state index contributed by atoms with van der Waals surface area (Å²) < 4.78 is 14.2. The highest BCUT2D eigenvalue weighted by atomic mass is 32.2. The lowest BCUT2D eigenvalue weighted by Crippen LogP contribution is -2.47. The Morgan fingerprint density at radius 3 is 3.00 bits per heavy atom. The number of hydrogen-bond donors (Lipinski definition) is 0. The first-order valence-corrected chi connectivity index (χ1v) is 7.89. The van der Waals surface area contributed by atoms with Gasteiger partial charge < -0.3 is 4.90 Å². The normalized spacial score (nSPS) is 20.0. The molecule has 1 unspecified atom stereocenters. The van der Waals surface area contributed by atoms with Crippen LogP contribution in [0.3, 0.4) is 0 Å². The highest BCUT2D eigenvalue weighted by Crippen LogP contribution is 2.35. The zero-order chi connectivity index (χ0) is 15.7. The van der Waals surface area contributed by atoms with E-state index in [1.807, 2.05) is 18.4 Å². The van der Waals surface area contributed by atoms with E-state index in [0.29, 0.717) is 18.5 Å². The van der Waals surface area contributed by atoms with Gasteiger partial charge in [0.15, 0.2) is 5.50 Å². The van der Waals surface area contributed by atoms with Crippen LogP contribution in [-0.4, -0.2) is 27.7 Å². The molecular formula is C16H14FN3OS. The fraction of sp³-hybridized carbons (Fsp3) is 0.250. The van der Waals surface area contributed by atoms with Gasteiger partial charge in [0.1, 0.15) is 11.9 Å². The second-order valence-electron chi connectivity index (χ2n) is 4.98. The van der Waals surface area contributed by atoms with Crippen molar-refractivity contribution >= 4 is 17.7 Å². The summed E-state index contributed by atoms with van der Waals surface area (Å²) in [5.41, 5.74) is 1.14. The number of amides is 1. The lowest BCUT2D eigenvalue weighted by Gasteiger charge is -2.39. The van der Waals surface area contributed by atoms with Crippen LogP contribution in [0.15, 0.2) is 41.6 Å². The molecule has 22 heavy (non-hydrogen) atoms. The van der Waals surface area contributed by atoms with Crippen molar-refractivity contribution in [3.63, 3.8) is 0 Å². The second kappa shape index (κ2) is 5.85. The van der Waals surface area contributed by atoms with Gasteiger partial charge in [0.25, 0.3) is 5.91 Å². The van der Waals surface area contributed by atoms with Crippen molar-refractivity contribution in [1.82, 2.24) is 9.80 Å². The van der Waals surface area contributed by atoms with Crippen LogP contribution in [0.25, 0.3) is 0 Å². The lowest BCUT2D eigenvalue weighted by atomic mass is 10.0. The summed E-state index contributed by atoms with van der Waals surface area (Å²) in [6.07, 6.45) is 3.62. The number of nitrogens with zero attached hydrogens (tertiary/aromatic N) is 3. The predicted octanol–water partition coefficient (Wildman–Crippen LogP) is 2.79. The monoisotopic (exact) mass is 315 g/mol. The zero-order valence-electron chi connectivity index (χ0n) is 12.0. The minimum atomic E-state index is -0.506. The Labute approximate surface area is 132 Å². The number of rotatable bonds is 3. The fourth-order valence-corrected chi connectivity index (χ4v) is 3.75. The molecule has 6 heteroatoms. The van der Waals surface area contributed by atoms with Crippen LogP contribution in [-0.2, 0) is 11.2 Å². The fourth-order valence-electron chi connectivity index (χ4n) is 2.67. The van der Waals surface area contributed by atoms with Crippen molar-refractivity contribution in [2.45, 2.75) is 18.8 Å². The number of carbonyl (C=O) groups excluding carboxylic acids is 1. The van der Waals surface area contributed by atoms with Gasteiger partial charge in [-0.2, -0.15) is 5.26 Å². The number of likely N-dealkylation sites (N-methyl/N-ethyl adjacent to an activating group) is 1. The van der Waals surface area contributed by atoms with Gasteiger partial charge in [0.05, 0.1) is 5.56 Å². The number of fused-ring (bicyclic) bond motifs is 1. The number of halogens is 1. The summed E-state index contributed by atoms with van der Waals surface area (Å²) in [5, 5.41) is 10.8. The Kier molecular flexibility index (Phi) is 3.90. The van der Waals surface area contributed by atoms with Crippen molar-refractivity contribution in [3.8, 4) is 6.07 Å². The van der Waals surface area contributed by atoms with Crippen molar-refractivity contribution in [3.05, 3.63) is 58.5 Å². The van der Waals surface area contributed by atoms with Crippen LogP contribution >= 0.6 is 11.8 Å². The molecular weight excluding hydrogens is 301 g/mol. The van der Waals surface area contributed by atoms with E-state index in [-0.39, 0.29) is 17.0 Å². The molecule has 0 saturated heterocycles. The summed E-state index contributed by atoms with van der Waals surface area (Å²) in [4.78, 5) is 15.9. The Morgan fingerprint density at radius 1 is 1.45 bits per heavy atom. The third-order valence-electron chi connectivity index (χ3n) is 3.75. The van der Waals surface area contributed by atoms with E-state index in [9.17, 15) is 9.18 Å². The predicted molar refractivity (Wildman–Crippen MR) is 82.6 cm³/mol. The molecule has 3 rings (SSSR count). The number of hydrogen-bond acceptors (Lipinski definition) is 4. The smallest absolute Gasteiger partial charge is 0.254 e. The van der Waals surface area contributed by atoms with Crippen molar-refractivity contribution in [2.24, 2.45) is 0 Å². The van der Waals surface area contributed by atoms with Gasteiger partial charge in [-0.05, 0) is 24.0 Å². The van der Waals surface area contributed by atoms with Gasteiger partial charge in [0, 0.05) is 30.9 Å². The number of thioether (sulfide) groups is 1. The van der Waals surface area contributed by atoms with Crippen molar-refractivity contribution in [1.29, 1.82) is 5.26 Å². The first kappa shape index (κ1) is 14.7. The average molecular weight is 315 g/mol. The quantitative estimate of drug-likeness (QED) is 0.860. The van der Waals surface area contributed by atoms with Crippen molar-refractivity contribution in [2.75, 3.05) is 6.54 Å². The molecule has 2 heterocycles. The molecule has 1 aromatic carbocycles. The summed E-state index contributed by atoms with van der Waals surface area (Å²) in [7, 11) is 0. The largest absolute Gasteiger partial charge is 0.345 e. The minimum absolute atomic E-state index is 0.0295. The first-order valence-electron chi connectivity index (χ1n) is 6.95. The highest BCUT2D eigenvalue weighted by molar-refractivity contribution is 8.02. The van der Waals surface area contributed by atoms with E-state index >= 15 is 0 Å². The Balaban J connectivity index is 1.93. The maximum Gasteiger partial charge on any atom is 0.254 e. The molecule has 0 aromatic heterocycles. The van der Waals surface area contributed by atoms with Crippen LogP contribution in [0, 0.1) is 17.1 Å². The standard InChI is InChI=1S/C16H14FN3OS/c1-2-19-13(9-14(21)20-6-7-22-16(19)20)8-11-4-3-5-12(10-18)15(11)17/h3-7,9,16H,2,8H2,1H3. The molecule has 0 spiro atoms. The Hall–Kier alpha value is -2.26. The lowest BCUT2D eigenvalue weighted by molar-refractivity contribution is -0.127. The summed E-state index contributed by atoms with van der Waals surface area (Å²) in [6, 6.07) is 6.62. The first-order chi connectivity index (χ1) is 10.7. The zero-order valence-corrected chi connectivity index (χ0v) is 12.8. The van der Waals surface area contributed by atoms with Gasteiger partial charge in [-0.25, -0.2) is 4.39 Å². The second-order valence-corrected chi connectivity index (χ2v) is 5.95. The van der Waals surface area contributed by atoms with E-state index in [0.717, 1.165) is 5.70 Å². The van der Waals surface area contributed by atoms with Gasteiger partial charge in [0.2, 0.25) is 0 Å². The van der Waals surface area contributed by atoms with E-state index in [1.54, 1.807) is 41.1 Å². The Bertz CT molecular complexity index is 723. The van der Waals surface area contributed by atoms with E-state index in [1.165, 1.54) is 6.07 Å². The molecule has 2 aliphatic heterocycles. The maximum absolute atomic E-state index is 14.2. The van der Waals surface area contributed by atoms with E-state index in [4.69, 9.17) is 5.26 Å². The summed E-state index contributed by atoms with van der Waals surface area (Å²) in [5.74, 6) is -0.600.